The molecule has 0 atom stereocenters. The number of carbonyl (C=O) groups excluding carboxylic acids is 1. The minimum Gasteiger partial charge on any atom is -0.347 e. The van der Waals surface area contributed by atoms with E-state index in [0.717, 1.165) is 16.0 Å². The standard InChI is InChI=1S/C18H16N2O3S2/c1-25(22,23)15-4-2-13(3-5-15)12-20-18(21)17-7-6-16(24-17)14-8-10-19-11-9-14/h2-11H,12H2,1H3,(H,20,21). The molecule has 0 aliphatic rings. The second kappa shape index (κ2) is 7.16. The molecule has 0 radical (unpaired) electrons. The largest absolute Gasteiger partial charge is 0.347 e. The van der Waals surface area contributed by atoms with Crippen LogP contribution in [0.15, 0.2) is 65.8 Å². The number of aromatic nitrogens is 1. The summed E-state index contributed by atoms with van der Waals surface area (Å²) in [5.41, 5.74) is 1.86. The van der Waals surface area contributed by atoms with Gasteiger partial charge in [0.1, 0.15) is 0 Å². The zero-order valence-corrected chi connectivity index (χ0v) is 15.1. The molecular formula is C18H16N2O3S2. The summed E-state index contributed by atoms with van der Waals surface area (Å²) in [6.07, 6.45) is 4.60. The van der Waals surface area contributed by atoms with Gasteiger partial charge in [-0.3, -0.25) is 9.78 Å². The van der Waals surface area contributed by atoms with Crippen molar-refractivity contribution in [3.63, 3.8) is 0 Å². The third-order valence-electron chi connectivity index (χ3n) is 3.60. The van der Waals surface area contributed by atoms with Crippen LogP contribution in [-0.2, 0) is 16.4 Å². The van der Waals surface area contributed by atoms with Gasteiger partial charge >= 0.3 is 0 Å². The van der Waals surface area contributed by atoms with Gasteiger partial charge in [-0.25, -0.2) is 8.42 Å². The Hall–Kier alpha value is -2.51. The summed E-state index contributed by atoms with van der Waals surface area (Å²) in [7, 11) is -3.21. The smallest absolute Gasteiger partial charge is 0.261 e. The molecule has 5 nitrogen and oxygen atoms in total. The number of rotatable bonds is 5. The maximum absolute atomic E-state index is 12.3. The maximum Gasteiger partial charge on any atom is 0.261 e. The highest BCUT2D eigenvalue weighted by atomic mass is 32.2. The van der Waals surface area contributed by atoms with Crippen molar-refractivity contribution in [2.45, 2.75) is 11.4 Å². The summed E-state index contributed by atoms with van der Waals surface area (Å²) in [6.45, 7) is 0.339. The van der Waals surface area contributed by atoms with Crippen LogP contribution in [0.4, 0.5) is 0 Å². The fourth-order valence-corrected chi connectivity index (χ4v) is 3.81. The lowest BCUT2D eigenvalue weighted by molar-refractivity contribution is 0.0955. The number of hydrogen-bond acceptors (Lipinski definition) is 5. The normalized spacial score (nSPS) is 11.2. The lowest BCUT2D eigenvalue weighted by Gasteiger charge is -2.05. The van der Waals surface area contributed by atoms with E-state index in [0.29, 0.717) is 11.4 Å². The van der Waals surface area contributed by atoms with Crippen LogP contribution >= 0.6 is 11.3 Å². The number of hydrogen-bond donors (Lipinski definition) is 1. The molecule has 128 valence electrons. The Labute approximate surface area is 150 Å². The molecule has 3 aromatic rings. The number of nitrogens with one attached hydrogen (secondary N) is 1. The van der Waals surface area contributed by atoms with Gasteiger partial charge in [0.15, 0.2) is 9.84 Å². The molecule has 0 spiro atoms. The topological polar surface area (TPSA) is 76.1 Å². The minimum atomic E-state index is -3.21. The zero-order valence-electron chi connectivity index (χ0n) is 13.5. The fourth-order valence-electron chi connectivity index (χ4n) is 2.26. The maximum atomic E-state index is 12.3. The predicted octanol–water partition coefficient (Wildman–Crippen LogP) is 3.14. The molecule has 1 N–H and O–H groups in total. The van der Waals surface area contributed by atoms with Crippen molar-refractivity contribution in [1.29, 1.82) is 0 Å². The van der Waals surface area contributed by atoms with E-state index in [4.69, 9.17) is 0 Å². The number of nitrogens with zero attached hydrogens (tertiary/aromatic N) is 1. The Morgan fingerprint density at radius 2 is 1.72 bits per heavy atom. The Morgan fingerprint density at radius 3 is 2.36 bits per heavy atom. The number of amides is 1. The van der Waals surface area contributed by atoms with Crippen molar-refractivity contribution in [3.05, 3.63) is 71.4 Å². The number of carbonyl (C=O) groups is 1. The molecule has 0 unspecified atom stereocenters. The van der Waals surface area contributed by atoms with Gasteiger partial charge in [-0.2, -0.15) is 0 Å². The molecule has 0 aliphatic heterocycles. The van der Waals surface area contributed by atoms with Gasteiger partial charge in [-0.05, 0) is 47.5 Å². The Balaban J connectivity index is 1.64. The van der Waals surface area contributed by atoms with Gasteiger partial charge in [-0.1, -0.05) is 12.1 Å². The first kappa shape index (κ1) is 17.3. The summed E-state index contributed by atoms with van der Waals surface area (Å²) in [6, 6.07) is 14.0. The lowest BCUT2D eigenvalue weighted by atomic mass is 10.2. The van der Waals surface area contributed by atoms with E-state index in [-0.39, 0.29) is 10.8 Å². The van der Waals surface area contributed by atoms with Gasteiger partial charge in [0.2, 0.25) is 0 Å². The van der Waals surface area contributed by atoms with E-state index in [2.05, 4.69) is 10.3 Å². The number of pyridine rings is 1. The monoisotopic (exact) mass is 372 g/mol. The summed E-state index contributed by atoms with van der Waals surface area (Å²) in [4.78, 5) is 18.2. The van der Waals surface area contributed by atoms with E-state index in [1.165, 1.54) is 17.6 Å². The molecule has 25 heavy (non-hydrogen) atoms. The quantitative estimate of drug-likeness (QED) is 0.746. The molecule has 0 saturated heterocycles. The summed E-state index contributed by atoms with van der Waals surface area (Å²) >= 11 is 1.42. The van der Waals surface area contributed by atoms with Crippen LogP contribution < -0.4 is 5.32 Å². The van der Waals surface area contributed by atoms with Crippen LogP contribution in [0, 0.1) is 0 Å². The van der Waals surface area contributed by atoms with E-state index in [1.807, 2.05) is 18.2 Å². The second-order valence-electron chi connectivity index (χ2n) is 5.50. The molecule has 0 saturated carbocycles. The molecule has 7 heteroatoms. The average molecular weight is 372 g/mol. The van der Waals surface area contributed by atoms with E-state index in [1.54, 1.807) is 42.7 Å². The molecular weight excluding hydrogens is 356 g/mol. The number of benzene rings is 1. The van der Waals surface area contributed by atoms with Gasteiger partial charge in [0.25, 0.3) is 5.91 Å². The molecule has 0 aliphatic carbocycles. The van der Waals surface area contributed by atoms with Crippen molar-refractivity contribution in [2.75, 3.05) is 6.26 Å². The van der Waals surface area contributed by atoms with Gasteiger partial charge in [0, 0.05) is 30.1 Å². The summed E-state index contributed by atoms with van der Waals surface area (Å²) in [5, 5.41) is 2.85. The third kappa shape index (κ3) is 4.32. The summed E-state index contributed by atoms with van der Waals surface area (Å²) < 4.78 is 22.9. The van der Waals surface area contributed by atoms with Crippen molar-refractivity contribution in [1.82, 2.24) is 10.3 Å². The van der Waals surface area contributed by atoms with Gasteiger partial charge in [0.05, 0.1) is 9.77 Å². The van der Waals surface area contributed by atoms with E-state index < -0.39 is 9.84 Å². The van der Waals surface area contributed by atoms with Crippen molar-refractivity contribution >= 4 is 27.1 Å². The van der Waals surface area contributed by atoms with Gasteiger partial charge < -0.3 is 5.32 Å². The first-order valence-electron chi connectivity index (χ1n) is 7.51. The van der Waals surface area contributed by atoms with Crippen molar-refractivity contribution < 1.29 is 13.2 Å². The lowest BCUT2D eigenvalue weighted by Crippen LogP contribution is -2.21. The van der Waals surface area contributed by atoms with Crippen molar-refractivity contribution in [3.8, 4) is 10.4 Å². The van der Waals surface area contributed by atoms with Crippen LogP contribution in [0.5, 0.6) is 0 Å². The highest BCUT2D eigenvalue weighted by Gasteiger charge is 2.11. The van der Waals surface area contributed by atoms with Crippen LogP contribution in [-0.4, -0.2) is 25.6 Å². The predicted molar refractivity (Wildman–Crippen MR) is 98.3 cm³/mol. The first-order chi connectivity index (χ1) is 11.9. The highest BCUT2D eigenvalue weighted by Crippen LogP contribution is 2.27. The molecule has 1 amide bonds. The third-order valence-corrected chi connectivity index (χ3v) is 5.86. The van der Waals surface area contributed by atoms with Gasteiger partial charge in [-0.15, -0.1) is 11.3 Å². The molecule has 2 heterocycles. The van der Waals surface area contributed by atoms with Crippen LogP contribution in [0.3, 0.4) is 0 Å². The molecule has 1 aromatic carbocycles. The summed E-state index contributed by atoms with van der Waals surface area (Å²) in [5.74, 6) is -0.155. The molecule has 3 rings (SSSR count). The Bertz CT molecular complexity index is 979. The minimum absolute atomic E-state index is 0.155. The Kier molecular flexibility index (Phi) is 4.96. The van der Waals surface area contributed by atoms with E-state index >= 15 is 0 Å². The molecule has 0 bridgehead atoms. The van der Waals surface area contributed by atoms with Crippen molar-refractivity contribution in [2.24, 2.45) is 0 Å². The average Bonchev–Trinajstić information content (AvgIpc) is 3.10. The number of sulfone groups is 1. The number of thiophene rings is 1. The van der Waals surface area contributed by atoms with E-state index in [9.17, 15) is 13.2 Å². The molecule has 0 fully saturated rings. The SMILES string of the molecule is CS(=O)(=O)c1ccc(CNC(=O)c2ccc(-c3ccncc3)s2)cc1. The fraction of sp³-hybridized carbons (Fsp3) is 0.111. The Morgan fingerprint density at radius 1 is 1.04 bits per heavy atom. The van der Waals surface area contributed by atoms with Crippen LogP contribution in [0.25, 0.3) is 10.4 Å². The highest BCUT2D eigenvalue weighted by molar-refractivity contribution is 7.90. The first-order valence-corrected chi connectivity index (χ1v) is 10.2. The zero-order chi connectivity index (χ0) is 17.9. The van der Waals surface area contributed by atoms with Crippen LogP contribution in [0.1, 0.15) is 15.2 Å². The van der Waals surface area contributed by atoms with Crippen LogP contribution in [0.2, 0.25) is 0 Å². The molecule has 2 aromatic heterocycles. The second-order valence-corrected chi connectivity index (χ2v) is 8.60.